The number of hydrogen-bond acceptors (Lipinski definition) is 3. The molecule has 19 heavy (non-hydrogen) atoms. The average molecular weight is 336 g/mol. The van der Waals surface area contributed by atoms with Crippen LogP contribution in [0.1, 0.15) is 21.5 Å². The average Bonchev–Trinajstić information content (AvgIpc) is 2.94. The van der Waals surface area contributed by atoms with Gasteiger partial charge in [-0.3, -0.25) is 9.59 Å². The molecule has 3 nitrogen and oxygen atoms in total. The number of thiophene rings is 1. The van der Waals surface area contributed by atoms with Crippen LogP contribution in [-0.4, -0.2) is 18.7 Å². The summed E-state index contributed by atoms with van der Waals surface area (Å²) in [5, 5.41) is 1.83. The smallest absolute Gasteiger partial charge is 0.231 e. The number of hydrogen-bond donors (Lipinski definition) is 0. The summed E-state index contributed by atoms with van der Waals surface area (Å²) in [7, 11) is 1.76. The lowest BCUT2D eigenvalue weighted by molar-refractivity contribution is -0.117. The van der Waals surface area contributed by atoms with Crippen LogP contribution in [-0.2, 0) is 11.2 Å². The summed E-state index contributed by atoms with van der Waals surface area (Å²) in [6.07, 6.45) is 0.375. The normalized spacial score (nSPS) is 13.8. The van der Waals surface area contributed by atoms with Crippen LogP contribution in [0, 0.1) is 0 Å². The summed E-state index contributed by atoms with van der Waals surface area (Å²) < 4.78 is 0.937. The molecule has 2 aromatic rings. The number of anilines is 1. The zero-order valence-electron chi connectivity index (χ0n) is 10.1. The van der Waals surface area contributed by atoms with Gasteiger partial charge in [0.15, 0.2) is 5.78 Å². The number of amides is 1. The molecule has 1 aliphatic heterocycles. The fourth-order valence-corrected chi connectivity index (χ4v) is 3.34. The van der Waals surface area contributed by atoms with E-state index >= 15 is 0 Å². The molecule has 0 bridgehead atoms. The topological polar surface area (TPSA) is 37.4 Å². The highest BCUT2D eigenvalue weighted by molar-refractivity contribution is 9.11. The summed E-state index contributed by atoms with van der Waals surface area (Å²) in [4.78, 5) is 25.6. The molecule has 5 heteroatoms. The van der Waals surface area contributed by atoms with Gasteiger partial charge in [0.1, 0.15) is 0 Å². The van der Waals surface area contributed by atoms with E-state index in [9.17, 15) is 9.59 Å². The van der Waals surface area contributed by atoms with Gasteiger partial charge in [-0.25, -0.2) is 0 Å². The van der Waals surface area contributed by atoms with Crippen LogP contribution in [0.5, 0.6) is 0 Å². The van der Waals surface area contributed by atoms with E-state index in [2.05, 4.69) is 15.9 Å². The predicted molar refractivity (Wildman–Crippen MR) is 79.0 cm³/mol. The molecule has 0 aliphatic carbocycles. The molecule has 1 aromatic heterocycles. The van der Waals surface area contributed by atoms with Gasteiger partial charge in [0, 0.05) is 29.2 Å². The molecule has 1 aliphatic rings. The summed E-state index contributed by atoms with van der Waals surface area (Å²) in [5.74, 6) is 0.0598. The second-order valence-corrected chi connectivity index (χ2v) is 6.73. The van der Waals surface area contributed by atoms with E-state index in [1.54, 1.807) is 18.0 Å². The fourth-order valence-electron chi connectivity index (χ4n) is 2.21. The lowest BCUT2D eigenvalue weighted by atomic mass is 10.0. The standard InChI is InChI=1S/C14H10BrNO2S/c1-16-11-3-2-8(4-9(11)6-13(16)17)14(18)10-5-12(15)19-7-10/h2-5,7H,6H2,1H3. The first-order valence-corrected chi connectivity index (χ1v) is 7.42. The van der Waals surface area contributed by atoms with Crippen molar-refractivity contribution in [3.63, 3.8) is 0 Å². The maximum absolute atomic E-state index is 12.3. The number of ketones is 1. The van der Waals surface area contributed by atoms with Crippen LogP contribution in [0.3, 0.4) is 0 Å². The van der Waals surface area contributed by atoms with E-state index in [-0.39, 0.29) is 11.7 Å². The number of rotatable bonds is 2. The molecule has 1 aromatic carbocycles. The van der Waals surface area contributed by atoms with Gasteiger partial charge in [0.05, 0.1) is 10.2 Å². The summed E-state index contributed by atoms with van der Waals surface area (Å²) in [5.41, 5.74) is 3.13. The van der Waals surface area contributed by atoms with Gasteiger partial charge in [-0.1, -0.05) is 0 Å². The van der Waals surface area contributed by atoms with E-state index in [0.717, 1.165) is 15.0 Å². The lowest BCUT2D eigenvalue weighted by Gasteiger charge is -2.10. The predicted octanol–water partition coefficient (Wildman–Crippen LogP) is 3.26. The summed E-state index contributed by atoms with van der Waals surface area (Å²) >= 11 is 4.84. The highest BCUT2D eigenvalue weighted by Gasteiger charge is 2.25. The molecule has 0 unspecified atom stereocenters. The van der Waals surface area contributed by atoms with Crippen LogP contribution in [0.25, 0.3) is 0 Å². The number of carbonyl (C=O) groups is 2. The Morgan fingerprint density at radius 1 is 1.32 bits per heavy atom. The Morgan fingerprint density at radius 2 is 2.11 bits per heavy atom. The van der Waals surface area contributed by atoms with Gasteiger partial charge < -0.3 is 4.90 Å². The van der Waals surface area contributed by atoms with Crippen molar-refractivity contribution in [2.24, 2.45) is 0 Å². The number of benzene rings is 1. The Balaban J connectivity index is 1.98. The monoisotopic (exact) mass is 335 g/mol. The molecule has 96 valence electrons. The van der Waals surface area contributed by atoms with Gasteiger partial charge in [0.25, 0.3) is 0 Å². The molecule has 0 saturated heterocycles. The van der Waals surface area contributed by atoms with Gasteiger partial charge in [-0.2, -0.15) is 0 Å². The van der Waals surface area contributed by atoms with E-state index < -0.39 is 0 Å². The first-order valence-electron chi connectivity index (χ1n) is 5.74. The lowest BCUT2D eigenvalue weighted by Crippen LogP contribution is -2.20. The molecule has 0 fully saturated rings. The second-order valence-electron chi connectivity index (χ2n) is 4.44. The Morgan fingerprint density at radius 3 is 2.79 bits per heavy atom. The van der Waals surface area contributed by atoms with Crippen molar-refractivity contribution in [3.05, 3.63) is 50.1 Å². The SMILES string of the molecule is CN1C(=O)Cc2cc(C(=O)c3csc(Br)c3)ccc21. The van der Waals surface area contributed by atoms with Crippen molar-refractivity contribution in [2.45, 2.75) is 6.42 Å². The van der Waals surface area contributed by atoms with Crippen molar-refractivity contribution in [1.82, 2.24) is 0 Å². The zero-order valence-corrected chi connectivity index (χ0v) is 12.5. The third kappa shape index (κ3) is 2.13. The first-order chi connectivity index (χ1) is 9.06. The number of likely N-dealkylation sites (N-methyl/N-ethyl adjacent to an activating group) is 1. The molecule has 2 heterocycles. The van der Waals surface area contributed by atoms with Crippen molar-refractivity contribution in [2.75, 3.05) is 11.9 Å². The largest absolute Gasteiger partial charge is 0.315 e. The van der Waals surface area contributed by atoms with Crippen LogP contribution < -0.4 is 4.90 Å². The maximum atomic E-state index is 12.3. The van der Waals surface area contributed by atoms with Gasteiger partial charge in [-0.05, 0) is 45.8 Å². The molecule has 1 amide bonds. The minimum Gasteiger partial charge on any atom is -0.315 e. The minimum atomic E-state index is -0.00764. The highest BCUT2D eigenvalue weighted by Crippen LogP contribution is 2.30. The molecular formula is C14H10BrNO2S. The maximum Gasteiger partial charge on any atom is 0.231 e. The number of carbonyl (C=O) groups excluding carboxylic acids is 2. The van der Waals surface area contributed by atoms with Crippen molar-refractivity contribution in [1.29, 1.82) is 0 Å². The first kappa shape index (κ1) is 12.6. The highest BCUT2D eigenvalue weighted by atomic mass is 79.9. The quantitative estimate of drug-likeness (QED) is 0.790. The summed E-state index contributed by atoms with van der Waals surface area (Å²) in [6, 6.07) is 7.26. The van der Waals surface area contributed by atoms with E-state index in [0.29, 0.717) is 17.5 Å². The van der Waals surface area contributed by atoms with E-state index in [1.807, 2.05) is 23.6 Å². The van der Waals surface area contributed by atoms with Crippen LogP contribution in [0.4, 0.5) is 5.69 Å². The Kier molecular flexibility index (Phi) is 3.03. The Bertz CT molecular complexity index is 693. The molecule has 0 spiro atoms. The second kappa shape index (κ2) is 4.58. The van der Waals surface area contributed by atoms with Gasteiger partial charge in [0.2, 0.25) is 5.91 Å². The van der Waals surface area contributed by atoms with Crippen molar-refractivity contribution < 1.29 is 9.59 Å². The molecule has 0 N–H and O–H groups in total. The number of halogens is 1. The molecule has 0 saturated carbocycles. The van der Waals surface area contributed by atoms with Crippen molar-refractivity contribution >= 4 is 44.6 Å². The molecule has 0 atom stereocenters. The van der Waals surface area contributed by atoms with Crippen LogP contribution >= 0.6 is 27.3 Å². The fraction of sp³-hybridized carbons (Fsp3) is 0.143. The van der Waals surface area contributed by atoms with Crippen LogP contribution in [0.2, 0.25) is 0 Å². The Hall–Kier alpha value is -1.46. The van der Waals surface area contributed by atoms with Crippen molar-refractivity contribution in [3.8, 4) is 0 Å². The third-order valence-corrected chi connectivity index (χ3v) is 4.75. The van der Waals surface area contributed by atoms with E-state index in [4.69, 9.17) is 0 Å². The summed E-state index contributed by atoms with van der Waals surface area (Å²) in [6.45, 7) is 0. The van der Waals surface area contributed by atoms with Gasteiger partial charge in [-0.15, -0.1) is 11.3 Å². The molecule has 0 radical (unpaired) electrons. The van der Waals surface area contributed by atoms with Gasteiger partial charge >= 0.3 is 0 Å². The van der Waals surface area contributed by atoms with E-state index in [1.165, 1.54) is 11.3 Å². The molecule has 3 rings (SSSR count). The Labute approximate surface area is 123 Å². The molecular weight excluding hydrogens is 326 g/mol. The number of nitrogens with zero attached hydrogens (tertiary/aromatic N) is 1. The third-order valence-electron chi connectivity index (χ3n) is 3.25. The minimum absolute atomic E-state index is 0.00764. The van der Waals surface area contributed by atoms with Crippen LogP contribution in [0.15, 0.2) is 33.4 Å². The number of fused-ring (bicyclic) bond motifs is 1. The zero-order chi connectivity index (χ0) is 13.6.